The van der Waals surface area contributed by atoms with Crippen LogP contribution in [-0.2, 0) is 14.8 Å². The van der Waals surface area contributed by atoms with Gasteiger partial charge in [-0.1, -0.05) is 71.8 Å². The fourth-order valence-corrected chi connectivity index (χ4v) is 5.14. The Kier molecular flexibility index (Phi) is 7.36. The van der Waals surface area contributed by atoms with Gasteiger partial charge in [0.2, 0.25) is 5.91 Å². The van der Waals surface area contributed by atoms with Crippen molar-refractivity contribution in [2.75, 3.05) is 24.0 Å². The van der Waals surface area contributed by atoms with E-state index in [4.69, 9.17) is 4.74 Å². The highest BCUT2D eigenvalue weighted by Crippen LogP contribution is 2.26. The zero-order valence-corrected chi connectivity index (χ0v) is 20.6. The van der Waals surface area contributed by atoms with E-state index in [2.05, 4.69) is 5.32 Å². The van der Waals surface area contributed by atoms with E-state index in [1.807, 2.05) is 68.4 Å². The number of ether oxygens (including phenoxy) is 1. The lowest BCUT2D eigenvalue weighted by Gasteiger charge is -2.24. The number of hydrogen-bond acceptors (Lipinski definition) is 4. The van der Waals surface area contributed by atoms with Crippen molar-refractivity contribution in [2.24, 2.45) is 0 Å². The molecule has 0 saturated heterocycles. The van der Waals surface area contributed by atoms with Crippen LogP contribution in [0.25, 0.3) is 10.8 Å². The van der Waals surface area contributed by atoms with Crippen molar-refractivity contribution < 1.29 is 17.9 Å². The van der Waals surface area contributed by atoms with E-state index < -0.39 is 15.9 Å². The molecule has 7 heteroatoms. The minimum Gasteiger partial charge on any atom is -0.491 e. The van der Waals surface area contributed by atoms with Gasteiger partial charge < -0.3 is 10.1 Å². The molecule has 0 saturated carbocycles. The van der Waals surface area contributed by atoms with Gasteiger partial charge in [0.15, 0.2) is 0 Å². The van der Waals surface area contributed by atoms with Crippen molar-refractivity contribution in [3.8, 4) is 5.75 Å². The highest BCUT2D eigenvalue weighted by atomic mass is 32.2. The van der Waals surface area contributed by atoms with Gasteiger partial charge in [0, 0.05) is 5.39 Å². The molecule has 0 fully saturated rings. The number of carbonyl (C=O) groups excluding carboxylic acids is 1. The quantitative estimate of drug-likeness (QED) is 0.342. The lowest BCUT2D eigenvalue weighted by Crippen LogP contribution is -2.41. The highest BCUT2D eigenvalue weighted by Gasteiger charge is 2.27. The van der Waals surface area contributed by atoms with Crippen LogP contribution >= 0.6 is 0 Å². The van der Waals surface area contributed by atoms with E-state index in [-0.39, 0.29) is 24.6 Å². The number of aryl methyl sites for hydroxylation is 2. The van der Waals surface area contributed by atoms with Crippen LogP contribution in [0.1, 0.15) is 11.1 Å². The van der Waals surface area contributed by atoms with Gasteiger partial charge in [-0.2, -0.15) is 0 Å². The van der Waals surface area contributed by atoms with Crippen molar-refractivity contribution in [1.29, 1.82) is 0 Å². The Bertz CT molecular complexity index is 1410. The monoisotopic (exact) mass is 488 g/mol. The Balaban J connectivity index is 1.44. The number of nitrogens with zero attached hydrogens (tertiary/aromatic N) is 1. The zero-order valence-electron chi connectivity index (χ0n) is 19.8. The third kappa shape index (κ3) is 5.81. The summed E-state index contributed by atoms with van der Waals surface area (Å²) in [6.07, 6.45) is 0. The van der Waals surface area contributed by atoms with Crippen LogP contribution in [-0.4, -0.2) is 34.0 Å². The van der Waals surface area contributed by atoms with E-state index >= 15 is 0 Å². The number of benzene rings is 4. The van der Waals surface area contributed by atoms with E-state index in [9.17, 15) is 13.2 Å². The molecule has 0 aliphatic rings. The van der Waals surface area contributed by atoms with Crippen molar-refractivity contribution in [3.05, 3.63) is 102 Å². The van der Waals surface area contributed by atoms with Gasteiger partial charge in [-0.25, -0.2) is 8.42 Å². The van der Waals surface area contributed by atoms with Crippen LogP contribution in [0.3, 0.4) is 0 Å². The molecule has 0 spiro atoms. The minimum absolute atomic E-state index is 0.135. The SMILES string of the molecule is Cc1ccc(N(CC(=O)NCCOc2cccc3ccccc23)S(=O)(=O)c2ccc(C)cc2)cc1. The third-order valence-corrected chi connectivity index (χ3v) is 7.44. The largest absolute Gasteiger partial charge is 0.491 e. The van der Waals surface area contributed by atoms with Gasteiger partial charge in [-0.05, 0) is 49.6 Å². The van der Waals surface area contributed by atoms with Crippen LogP contribution in [0.4, 0.5) is 5.69 Å². The molecule has 0 radical (unpaired) electrons. The maximum atomic E-state index is 13.4. The Morgan fingerprint density at radius 3 is 2.17 bits per heavy atom. The molecular weight excluding hydrogens is 460 g/mol. The average Bonchev–Trinajstić information content (AvgIpc) is 2.86. The van der Waals surface area contributed by atoms with Gasteiger partial charge in [-0.3, -0.25) is 9.10 Å². The minimum atomic E-state index is -3.94. The van der Waals surface area contributed by atoms with Gasteiger partial charge in [0.1, 0.15) is 18.9 Å². The van der Waals surface area contributed by atoms with Crippen LogP contribution in [0.15, 0.2) is 95.9 Å². The van der Waals surface area contributed by atoms with Crippen molar-refractivity contribution in [1.82, 2.24) is 5.32 Å². The molecule has 1 amide bonds. The van der Waals surface area contributed by atoms with Gasteiger partial charge in [0.05, 0.1) is 17.1 Å². The Hall–Kier alpha value is -3.84. The molecular formula is C28H28N2O4S. The molecule has 180 valence electrons. The highest BCUT2D eigenvalue weighted by molar-refractivity contribution is 7.92. The second kappa shape index (κ2) is 10.6. The first-order chi connectivity index (χ1) is 16.8. The number of sulfonamides is 1. The molecule has 0 unspecified atom stereocenters. The Morgan fingerprint density at radius 2 is 1.46 bits per heavy atom. The summed E-state index contributed by atoms with van der Waals surface area (Å²) in [5, 5.41) is 4.84. The summed E-state index contributed by atoms with van der Waals surface area (Å²) in [6, 6.07) is 27.4. The molecule has 0 aliphatic heterocycles. The van der Waals surface area contributed by atoms with Crippen LogP contribution in [0.5, 0.6) is 5.75 Å². The first-order valence-electron chi connectivity index (χ1n) is 11.4. The average molecular weight is 489 g/mol. The van der Waals surface area contributed by atoms with Crippen LogP contribution < -0.4 is 14.4 Å². The summed E-state index contributed by atoms with van der Waals surface area (Å²) in [5.41, 5.74) is 2.38. The van der Waals surface area contributed by atoms with Gasteiger partial charge in [-0.15, -0.1) is 0 Å². The first kappa shape index (κ1) is 24.3. The number of rotatable bonds is 9. The molecule has 0 aromatic heterocycles. The molecule has 1 N–H and O–H groups in total. The molecule has 4 aromatic rings. The van der Waals surface area contributed by atoms with Gasteiger partial charge >= 0.3 is 0 Å². The van der Waals surface area contributed by atoms with Crippen molar-refractivity contribution in [2.45, 2.75) is 18.7 Å². The van der Waals surface area contributed by atoms with Crippen LogP contribution in [0.2, 0.25) is 0 Å². The second-order valence-corrected chi connectivity index (χ2v) is 10.2. The first-order valence-corrected chi connectivity index (χ1v) is 12.8. The van der Waals surface area contributed by atoms with E-state index in [0.717, 1.165) is 32.0 Å². The smallest absolute Gasteiger partial charge is 0.264 e. The number of anilines is 1. The fourth-order valence-electron chi connectivity index (χ4n) is 3.72. The van der Waals surface area contributed by atoms with E-state index in [1.54, 1.807) is 36.4 Å². The zero-order chi connectivity index (χ0) is 24.8. The van der Waals surface area contributed by atoms with E-state index in [1.165, 1.54) is 0 Å². The molecule has 4 aromatic carbocycles. The maximum Gasteiger partial charge on any atom is 0.264 e. The molecule has 35 heavy (non-hydrogen) atoms. The molecule has 4 rings (SSSR count). The maximum absolute atomic E-state index is 13.4. The van der Waals surface area contributed by atoms with Gasteiger partial charge in [0.25, 0.3) is 10.0 Å². The number of carbonyl (C=O) groups is 1. The van der Waals surface area contributed by atoms with Crippen LogP contribution in [0, 0.1) is 13.8 Å². The lowest BCUT2D eigenvalue weighted by atomic mass is 10.1. The number of hydrogen-bond donors (Lipinski definition) is 1. The normalized spacial score (nSPS) is 11.3. The summed E-state index contributed by atoms with van der Waals surface area (Å²) in [6.45, 7) is 3.98. The molecule has 0 heterocycles. The molecule has 0 aliphatic carbocycles. The van der Waals surface area contributed by atoms with Crippen molar-refractivity contribution in [3.63, 3.8) is 0 Å². The number of nitrogens with one attached hydrogen (secondary N) is 1. The van der Waals surface area contributed by atoms with E-state index in [0.29, 0.717) is 5.69 Å². The summed E-state index contributed by atoms with van der Waals surface area (Å²) < 4.78 is 33.9. The third-order valence-electron chi connectivity index (χ3n) is 5.65. The molecule has 0 atom stereocenters. The lowest BCUT2D eigenvalue weighted by molar-refractivity contribution is -0.119. The predicted molar refractivity (Wildman–Crippen MR) is 139 cm³/mol. The Labute approximate surface area is 206 Å². The fraction of sp³-hybridized carbons (Fsp3) is 0.179. The van der Waals surface area contributed by atoms with Crippen molar-refractivity contribution >= 4 is 32.4 Å². The topological polar surface area (TPSA) is 75.7 Å². The summed E-state index contributed by atoms with van der Waals surface area (Å²) in [4.78, 5) is 12.9. The number of amides is 1. The number of fused-ring (bicyclic) bond motifs is 1. The predicted octanol–water partition coefficient (Wildman–Crippen LogP) is 4.85. The Morgan fingerprint density at radius 1 is 0.829 bits per heavy atom. The summed E-state index contributed by atoms with van der Waals surface area (Å²) in [5.74, 6) is 0.323. The second-order valence-electron chi connectivity index (χ2n) is 8.34. The molecule has 0 bridgehead atoms. The standard InChI is InChI=1S/C28H28N2O4S/c1-21-10-14-24(15-11-21)30(35(32,33)25-16-12-22(2)13-17-25)20-28(31)29-18-19-34-27-9-5-7-23-6-3-4-8-26(23)27/h3-17H,18-20H2,1-2H3,(H,29,31). The molecule has 6 nitrogen and oxygen atoms in total. The summed E-state index contributed by atoms with van der Waals surface area (Å²) in [7, 11) is -3.94. The summed E-state index contributed by atoms with van der Waals surface area (Å²) >= 11 is 0.